The summed E-state index contributed by atoms with van der Waals surface area (Å²) in [6.45, 7) is 9.90. The predicted molar refractivity (Wildman–Crippen MR) is 110 cm³/mol. The first-order valence-electron chi connectivity index (χ1n) is 10.8. The Morgan fingerprint density at radius 2 is 1.26 bits per heavy atom. The van der Waals surface area contributed by atoms with E-state index in [-0.39, 0.29) is 5.75 Å². The van der Waals surface area contributed by atoms with Crippen LogP contribution in [0.5, 0.6) is 0 Å². The van der Waals surface area contributed by atoms with Gasteiger partial charge in [0.2, 0.25) is 0 Å². The number of quaternary nitrogens is 1. The van der Waals surface area contributed by atoms with Crippen LogP contribution in [0.15, 0.2) is 0 Å². The Kier molecular flexibility index (Phi) is 16.6. The molecule has 0 aliphatic carbocycles. The number of rotatable bonds is 20. The summed E-state index contributed by atoms with van der Waals surface area (Å²) in [6.07, 6.45) is 9.81. The van der Waals surface area contributed by atoms with E-state index < -0.39 is 10.1 Å². The van der Waals surface area contributed by atoms with E-state index in [4.69, 9.17) is 9.47 Å². The lowest BCUT2D eigenvalue weighted by Gasteiger charge is -2.35. The van der Waals surface area contributed by atoms with Crippen molar-refractivity contribution >= 4 is 10.1 Å². The molecule has 0 amide bonds. The molecule has 0 saturated heterocycles. The number of likely N-dealkylation sites (N-methyl/N-ethyl adjacent to an activating group) is 1. The van der Waals surface area contributed by atoms with E-state index >= 15 is 0 Å². The largest absolute Gasteiger partial charge is 0.748 e. The van der Waals surface area contributed by atoms with Gasteiger partial charge in [0.1, 0.15) is 6.54 Å². The SMILES string of the molecule is CCCCCCCC[N+](C)(CCCCS(=O)(=O)[O-])CCOCCOCCC. The minimum absolute atomic E-state index is 0.255. The first kappa shape index (κ1) is 26.8. The lowest BCUT2D eigenvalue weighted by atomic mass is 10.1. The third-order valence-corrected chi connectivity index (χ3v) is 5.68. The van der Waals surface area contributed by atoms with Gasteiger partial charge in [0.05, 0.1) is 50.1 Å². The third kappa shape index (κ3) is 18.9. The Bertz CT molecular complexity index is 430. The zero-order chi connectivity index (χ0) is 20.4. The number of nitrogens with zero attached hydrogens (tertiary/aromatic N) is 1. The zero-order valence-electron chi connectivity index (χ0n) is 17.9. The maximum atomic E-state index is 10.8. The Morgan fingerprint density at radius 1 is 0.704 bits per heavy atom. The van der Waals surface area contributed by atoms with Gasteiger partial charge in [-0.05, 0) is 32.1 Å². The van der Waals surface area contributed by atoms with Crippen molar-refractivity contribution in [3.8, 4) is 0 Å². The topological polar surface area (TPSA) is 75.7 Å². The maximum Gasteiger partial charge on any atom is 0.102 e. The molecule has 6 nitrogen and oxygen atoms in total. The smallest absolute Gasteiger partial charge is 0.102 e. The minimum Gasteiger partial charge on any atom is -0.748 e. The van der Waals surface area contributed by atoms with Crippen LogP contribution >= 0.6 is 0 Å². The fourth-order valence-corrected chi connectivity index (χ4v) is 3.69. The molecule has 0 heterocycles. The van der Waals surface area contributed by atoms with E-state index in [1.165, 1.54) is 38.5 Å². The lowest BCUT2D eigenvalue weighted by Crippen LogP contribution is -2.48. The quantitative estimate of drug-likeness (QED) is 0.175. The van der Waals surface area contributed by atoms with Crippen LogP contribution in [0, 0.1) is 0 Å². The van der Waals surface area contributed by atoms with Crippen molar-refractivity contribution in [2.45, 2.75) is 71.6 Å². The van der Waals surface area contributed by atoms with Crippen LogP contribution in [0.4, 0.5) is 0 Å². The van der Waals surface area contributed by atoms with Gasteiger partial charge in [-0.15, -0.1) is 0 Å². The normalized spacial score (nSPS) is 14.4. The second-order valence-corrected chi connectivity index (χ2v) is 9.28. The monoisotopic (exact) mass is 409 g/mol. The first-order valence-corrected chi connectivity index (χ1v) is 12.3. The predicted octanol–water partition coefficient (Wildman–Crippen LogP) is 3.56. The highest BCUT2D eigenvalue weighted by atomic mass is 32.2. The van der Waals surface area contributed by atoms with E-state index in [0.29, 0.717) is 26.2 Å². The van der Waals surface area contributed by atoms with Crippen LogP contribution in [0.3, 0.4) is 0 Å². The lowest BCUT2D eigenvalue weighted by molar-refractivity contribution is -0.910. The van der Waals surface area contributed by atoms with Crippen molar-refractivity contribution in [1.29, 1.82) is 0 Å². The van der Waals surface area contributed by atoms with Gasteiger partial charge in [-0.3, -0.25) is 0 Å². The summed E-state index contributed by atoms with van der Waals surface area (Å²) in [6, 6.07) is 0. The van der Waals surface area contributed by atoms with Gasteiger partial charge >= 0.3 is 0 Å². The van der Waals surface area contributed by atoms with Crippen LogP contribution in [-0.4, -0.2) is 76.3 Å². The van der Waals surface area contributed by atoms with Gasteiger partial charge in [0.15, 0.2) is 0 Å². The Balaban J connectivity index is 4.16. The van der Waals surface area contributed by atoms with Gasteiger partial charge in [-0.25, -0.2) is 8.42 Å². The molecule has 0 N–H and O–H groups in total. The molecule has 0 bridgehead atoms. The van der Waals surface area contributed by atoms with Gasteiger partial charge in [0, 0.05) is 12.4 Å². The fraction of sp³-hybridized carbons (Fsp3) is 1.00. The molecular weight excluding hydrogens is 366 g/mol. The van der Waals surface area contributed by atoms with Crippen molar-refractivity contribution in [3.63, 3.8) is 0 Å². The molecule has 0 fully saturated rings. The van der Waals surface area contributed by atoms with Crippen LogP contribution in [0.1, 0.15) is 71.6 Å². The number of hydrogen-bond acceptors (Lipinski definition) is 5. The van der Waals surface area contributed by atoms with Crippen molar-refractivity contribution in [3.05, 3.63) is 0 Å². The van der Waals surface area contributed by atoms with E-state index in [1.807, 2.05) is 0 Å². The molecule has 1 atom stereocenters. The van der Waals surface area contributed by atoms with Gasteiger partial charge in [0.25, 0.3) is 0 Å². The molecular formula is C20H43NO5S. The van der Waals surface area contributed by atoms with Gasteiger partial charge < -0.3 is 18.5 Å². The second-order valence-electron chi connectivity index (χ2n) is 7.75. The van der Waals surface area contributed by atoms with E-state index in [9.17, 15) is 13.0 Å². The zero-order valence-corrected chi connectivity index (χ0v) is 18.7. The molecule has 0 aromatic rings. The minimum atomic E-state index is -4.10. The van der Waals surface area contributed by atoms with E-state index in [2.05, 4.69) is 20.9 Å². The van der Waals surface area contributed by atoms with E-state index in [0.717, 1.165) is 43.6 Å². The maximum absolute atomic E-state index is 10.8. The number of hydrogen-bond donors (Lipinski definition) is 0. The molecule has 0 saturated carbocycles. The standard InChI is InChI=1S/C20H43NO5S/c1-4-6-7-8-9-10-13-21(3,14-11-12-20-27(22,23)24)15-17-26-19-18-25-16-5-2/h4-20H2,1-3H3. The van der Waals surface area contributed by atoms with Gasteiger partial charge in [-0.1, -0.05) is 39.5 Å². The molecule has 7 heteroatoms. The molecule has 1 unspecified atom stereocenters. The first-order chi connectivity index (χ1) is 12.8. The third-order valence-electron chi connectivity index (χ3n) is 4.89. The van der Waals surface area contributed by atoms with Gasteiger partial charge in [-0.2, -0.15) is 0 Å². The summed E-state index contributed by atoms with van der Waals surface area (Å²) in [7, 11) is -1.88. The Labute approximate surface area is 167 Å². The number of ether oxygens (including phenoxy) is 2. The Morgan fingerprint density at radius 3 is 1.85 bits per heavy atom. The van der Waals surface area contributed by atoms with E-state index in [1.54, 1.807) is 0 Å². The molecule has 0 spiro atoms. The Hall–Kier alpha value is -0.210. The molecule has 0 rings (SSSR count). The molecule has 27 heavy (non-hydrogen) atoms. The summed E-state index contributed by atoms with van der Waals surface area (Å²) in [5.74, 6) is -0.255. The summed E-state index contributed by atoms with van der Waals surface area (Å²) in [4.78, 5) is 0. The molecule has 0 aromatic heterocycles. The highest BCUT2D eigenvalue weighted by molar-refractivity contribution is 7.85. The number of unbranched alkanes of at least 4 members (excludes halogenated alkanes) is 6. The fourth-order valence-electron chi connectivity index (χ4n) is 3.13. The summed E-state index contributed by atoms with van der Waals surface area (Å²) in [5, 5.41) is 0. The summed E-state index contributed by atoms with van der Waals surface area (Å²) >= 11 is 0. The molecule has 0 aliphatic heterocycles. The molecule has 0 aromatic carbocycles. The van der Waals surface area contributed by atoms with Crippen molar-refractivity contribution < 1.29 is 26.9 Å². The second kappa shape index (κ2) is 16.7. The molecule has 0 aliphatic rings. The average molecular weight is 410 g/mol. The summed E-state index contributed by atoms with van der Waals surface area (Å²) in [5.41, 5.74) is 0. The van der Waals surface area contributed by atoms with Crippen LogP contribution in [0.2, 0.25) is 0 Å². The molecule has 0 radical (unpaired) electrons. The summed E-state index contributed by atoms with van der Waals surface area (Å²) < 4.78 is 44.3. The highest BCUT2D eigenvalue weighted by Crippen LogP contribution is 2.12. The highest BCUT2D eigenvalue weighted by Gasteiger charge is 2.20. The van der Waals surface area contributed by atoms with Crippen LogP contribution in [-0.2, 0) is 19.6 Å². The van der Waals surface area contributed by atoms with Crippen LogP contribution < -0.4 is 0 Å². The van der Waals surface area contributed by atoms with Crippen molar-refractivity contribution in [2.24, 2.45) is 0 Å². The molecule has 164 valence electrons. The van der Waals surface area contributed by atoms with Crippen LogP contribution in [0.25, 0.3) is 0 Å². The van der Waals surface area contributed by atoms with Crippen molar-refractivity contribution in [1.82, 2.24) is 0 Å². The average Bonchev–Trinajstić information content (AvgIpc) is 2.60. The van der Waals surface area contributed by atoms with Crippen molar-refractivity contribution in [2.75, 3.05) is 58.9 Å².